The first-order chi connectivity index (χ1) is 13.2. The first-order valence-electron chi connectivity index (χ1n) is 9.85. The molecule has 1 saturated heterocycles. The molecule has 4 heteroatoms. The van der Waals surface area contributed by atoms with Crippen LogP contribution in [0.1, 0.15) is 35.2 Å². The Morgan fingerprint density at radius 1 is 1.15 bits per heavy atom. The molecule has 0 radical (unpaired) electrons. The number of amides is 1. The Balaban J connectivity index is 1.54. The fraction of sp³-hybridized carbons (Fsp3) is 0.435. The maximum atomic E-state index is 13.0. The molecule has 2 aromatic carbocycles. The number of likely N-dealkylation sites (N-methyl/N-ethyl adjacent to an activating group) is 1. The highest BCUT2D eigenvalue weighted by molar-refractivity contribution is 7.98. The zero-order valence-corrected chi connectivity index (χ0v) is 17.3. The van der Waals surface area contributed by atoms with E-state index in [4.69, 9.17) is 0 Å². The summed E-state index contributed by atoms with van der Waals surface area (Å²) in [5.41, 5.74) is 2.24. The zero-order chi connectivity index (χ0) is 19.1. The van der Waals surface area contributed by atoms with Crippen molar-refractivity contribution in [1.82, 2.24) is 9.80 Å². The standard InChI is InChI=1S/C23H30N2OS/c1-24(23(26)21-14-6-7-15-22(21)27-2)20-13-9-17-25(18-20)16-8-12-19-10-4-3-5-11-19/h3-7,10-11,14-15,20H,8-9,12-13,16-18H2,1-2H3/t20-/m0/s1. The van der Waals surface area contributed by atoms with Crippen LogP contribution in [0.15, 0.2) is 59.5 Å². The predicted octanol–water partition coefficient (Wildman–Crippen LogP) is 4.58. The second-order valence-corrected chi connectivity index (χ2v) is 8.15. The zero-order valence-electron chi connectivity index (χ0n) is 16.4. The Morgan fingerprint density at radius 3 is 2.67 bits per heavy atom. The van der Waals surface area contributed by atoms with Gasteiger partial charge >= 0.3 is 0 Å². The summed E-state index contributed by atoms with van der Waals surface area (Å²) in [6.07, 6.45) is 6.58. The Morgan fingerprint density at radius 2 is 1.89 bits per heavy atom. The van der Waals surface area contributed by atoms with Crippen LogP contribution in [-0.2, 0) is 6.42 Å². The van der Waals surface area contributed by atoms with E-state index >= 15 is 0 Å². The Bertz CT molecular complexity index is 734. The molecule has 1 heterocycles. The third-order valence-corrected chi connectivity index (χ3v) is 6.26. The van der Waals surface area contributed by atoms with Crippen molar-refractivity contribution in [3.63, 3.8) is 0 Å². The van der Waals surface area contributed by atoms with E-state index in [9.17, 15) is 4.79 Å². The number of hydrogen-bond acceptors (Lipinski definition) is 3. The molecule has 0 aromatic heterocycles. The number of benzene rings is 2. The smallest absolute Gasteiger partial charge is 0.255 e. The van der Waals surface area contributed by atoms with Gasteiger partial charge in [-0.1, -0.05) is 42.5 Å². The van der Waals surface area contributed by atoms with Crippen molar-refractivity contribution in [3.05, 3.63) is 65.7 Å². The fourth-order valence-corrected chi connectivity index (χ4v) is 4.47. The molecule has 0 aliphatic carbocycles. The van der Waals surface area contributed by atoms with E-state index < -0.39 is 0 Å². The monoisotopic (exact) mass is 382 g/mol. The molecule has 144 valence electrons. The quantitative estimate of drug-likeness (QED) is 0.655. The molecule has 1 atom stereocenters. The summed E-state index contributed by atoms with van der Waals surface area (Å²) in [5, 5.41) is 0. The van der Waals surface area contributed by atoms with Gasteiger partial charge in [-0.05, 0) is 62.7 Å². The summed E-state index contributed by atoms with van der Waals surface area (Å²) >= 11 is 1.64. The topological polar surface area (TPSA) is 23.6 Å². The van der Waals surface area contributed by atoms with Gasteiger partial charge in [0.2, 0.25) is 0 Å². The van der Waals surface area contributed by atoms with Gasteiger partial charge in [-0.2, -0.15) is 0 Å². The molecule has 27 heavy (non-hydrogen) atoms. The second-order valence-electron chi connectivity index (χ2n) is 7.30. The molecule has 2 aromatic rings. The van der Waals surface area contributed by atoms with Crippen LogP contribution in [0.3, 0.4) is 0 Å². The molecule has 3 nitrogen and oxygen atoms in total. The number of carbonyl (C=O) groups is 1. The van der Waals surface area contributed by atoms with Crippen LogP contribution in [0.4, 0.5) is 0 Å². The molecule has 0 spiro atoms. The number of carbonyl (C=O) groups excluding carboxylic acids is 1. The average Bonchev–Trinajstić information content (AvgIpc) is 2.73. The van der Waals surface area contributed by atoms with E-state index in [1.165, 1.54) is 12.0 Å². The third-order valence-electron chi connectivity index (χ3n) is 5.47. The molecule has 1 fully saturated rings. The van der Waals surface area contributed by atoms with Gasteiger partial charge in [-0.15, -0.1) is 11.8 Å². The number of piperidine rings is 1. The molecule has 0 unspecified atom stereocenters. The van der Waals surface area contributed by atoms with Gasteiger partial charge in [0.25, 0.3) is 5.91 Å². The second kappa shape index (κ2) is 9.95. The Hall–Kier alpha value is -1.78. The van der Waals surface area contributed by atoms with Crippen molar-refractivity contribution in [1.29, 1.82) is 0 Å². The highest BCUT2D eigenvalue weighted by Gasteiger charge is 2.27. The van der Waals surface area contributed by atoms with Crippen LogP contribution in [0, 0.1) is 0 Å². The Labute approximate surface area is 167 Å². The van der Waals surface area contributed by atoms with Crippen LogP contribution in [0.5, 0.6) is 0 Å². The fourth-order valence-electron chi connectivity index (χ4n) is 3.88. The molecule has 1 aliphatic heterocycles. The maximum absolute atomic E-state index is 13.0. The van der Waals surface area contributed by atoms with Crippen LogP contribution < -0.4 is 0 Å². The summed E-state index contributed by atoms with van der Waals surface area (Å²) < 4.78 is 0. The van der Waals surface area contributed by atoms with Crippen molar-refractivity contribution >= 4 is 17.7 Å². The summed E-state index contributed by atoms with van der Waals surface area (Å²) in [5.74, 6) is 0.149. The van der Waals surface area contributed by atoms with Crippen LogP contribution in [0.2, 0.25) is 0 Å². The molecule has 3 rings (SSSR count). The molecule has 0 saturated carbocycles. The lowest BCUT2D eigenvalue weighted by Gasteiger charge is -2.38. The van der Waals surface area contributed by atoms with Gasteiger partial charge in [-0.3, -0.25) is 4.79 Å². The van der Waals surface area contributed by atoms with Gasteiger partial charge in [0.1, 0.15) is 0 Å². The summed E-state index contributed by atoms with van der Waals surface area (Å²) in [6.45, 7) is 3.24. The van der Waals surface area contributed by atoms with E-state index in [0.29, 0.717) is 6.04 Å². The van der Waals surface area contributed by atoms with E-state index in [2.05, 4.69) is 35.2 Å². The number of thioether (sulfide) groups is 1. The minimum absolute atomic E-state index is 0.149. The SMILES string of the molecule is CSc1ccccc1C(=O)N(C)[C@H]1CCCN(CCCc2ccccc2)C1. The molecule has 1 amide bonds. The predicted molar refractivity (Wildman–Crippen MR) is 115 cm³/mol. The molecule has 1 aliphatic rings. The van der Waals surface area contributed by atoms with E-state index in [-0.39, 0.29) is 5.91 Å². The summed E-state index contributed by atoms with van der Waals surface area (Å²) in [7, 11) is 1.97. The number of likely N-dealkylation sites (tertiary alicyclic amines) is 1. The van der Waals surface area contributed by atoms with E-state index in [0.717, 1.165) is 49.4 Å². The van der Waals surface area contributed by atoms with Crippen molar-refractivity contribution in [3.8, 4) is 0 Å². The van der Waals surface area contributed by atoms with Gasteiger partial charge in [-0.25, -0.2) is 0 Å². The minimum Gasteiger partial charge on any atom is -0.337 e. The largest absolute Gasteiger partial charge is 0.337 e. The lowest BCUT2D eigenvalue weighted by Crippen LogP contribution is -2.48. The highest BCUT2D eigenvalue weighted by atomic mass is 32.2. The average molecular weight is 383 g/mol. The van der Waals surface area contributed by atoms with Gasteiger partial charge < -0.3 is 9.80 Å². The van der Waals surface area contributed by atoms with E-state index in [1.807, 2.05) is 42.5 Å². The number of aryl methyl sites for hydroxylation is 1. The molecule has 0 bridgehead atoms. The maximum Gasteiger partial charge on any atom is 0.255 e. The lowest BCUT2D eigenvalue weighted by molar-refractivity contribution is 0.0613. The molecular formula is C23H30N2OS. The van der Waals surface area contributed by atoms with Crippen molar-refractivity contribution < 1.29 is 4.79 Å². The minimum atomic E-state index is 0.149. The van der Waals surface area contributed by atoms with Crippen LogP contribution in [-0.4, -0.2) is 54.7 Å². The first kappa shape index (κ1) is 20.0. The lowest BCUT2D eigenvalue weighted by atomic mass is 10.0. The van der Waals surface area contributed by atoms with Crippen LogP contribution >= 0.6 is 11.8 Å². The first-order valence-corrected chi connectivity index (χ1v) is 11.1. The summed E-state index contributed by atoms with van der Waals surface area (Å²) in [6, 6.07) is 18.9. The summed E-state index contributed by atoms with van der Waals surface area (Å²) in [4.78, 5) is 18.6. The number of nitrogens with zero attached hydrogens (tertiary/aromatic N) is 2. The van der Waals surface area contributed by atoms with E-state index in [1.54, 1.807) is 11.8 Å². The van der Waals surface area contributed by atoms with Gasteiger partial charge in [0, 0.05) is 24.5 Å². The van der Waals surface area contributed by atoms with Crippen LogP contribution in [0.25, 0.3) is 0 Å². The van der Waals surface area contributed by atoms with Crippen molar-refractivity contribution in [2.24, 2.45) is 0 Å². The molecule has 0 N–H and O–H groups in total. The van der Waals surface area contributed by atoms with Crippen molar-refractivity contribution in [2.75, 3.05) is 32.9 Å². The third kappa shape index (κ3) is 5.36. The normalized spacial score (nSPS) is 17.6. The molecular weight excluding hydrogens is 352 g/mol. The van der Waals surface area contributed by atoms with Gasteiger partial charge in [0.15, 0.2) is 0 Å². The Kier molecular flexibility index (Phi) is 7.36. The highest BCUT2D eigenvalue weighted by Crippen LogP contribution is 2.23. The van der Waals surface area contributed by atoms with Gasteiger partial charge in [0.05, 0.1) is 5.56 Å². The van der Waals surface area contributed by atoms with Crippen molar-refractivity contribution in [2.45, 2.75) is 36.6 Å². The number of hydrogen-bond donors (Lipinski definition) is 0. The number of rotatable bonds is 7.